The zero-order chi connectivity index (χ0) is 21.8. The summed E-state index contributed by atoms with van der Waals surface area (Å²) in [6, 6.07) is 13.0. The van der Waals surface area contributed by atoms with Crippen LogP contribution in [0.3, 0.4) is 0 Å². The molecule has 1 aromatic heterocycles. The zero-order valence-corrected chi connectivity index (χ0v) is 19.9. The predicted octanol–water partition coefficient (Wildman–Crippen LogP) is 5.75. The molecule has 0 saturated heterocycles. The van der Waals surface area contributed by atoms with E-state index >= 15 is 0 Å². The first kappa shape index (κ1) is 21.7. The van der Waals surface area contributed by atoms with Crippen molar-refractivity contribution in [1.29, 1.82) is 5.26 Å². The lowest BCUT2D eigenvalue weighted by molar-refractivity contribution is 0.363. The summed E-state index contributed by atoms with van der Waals surface area (Å²) in [5, 5.41) is 13.9. The average Bonchev–Trinajstić information content (AvgIpc) is 2.78. The Morgan fingerprint density at radius 1 is 1.19 bits per heavy atom. The molecule has 31 heavy (non-hydrogen) atoms. The van der Waals surface area contributed by atoms with Crippen molar-refractivity contribution < 1.29 is 4.74 Å². The molecule has 0 aliphatic heterocycles. The minimum absolute atomic E-state index is 0.0481. The Kier molecular flexibility index (Phi) is 6.83. The summed E-state index contributed by atoms with van der Waals surface area (Å²) in [5.74, 6) is 1.50. The van der Waals surface area contributed by atoms with Crippen molar-refractivity contribution >= 4 is 49.0 Å². The zero-order valence-electron chi connectivity index (χ0n) is 16.7. The Hall–Kier alpha value is -2.50. The SMILES string of the molecule is N#CCOc1c(Br)cc(C=Nn2c(C3CCCCC3)nc3ccccc3c2=O)cc1Br. The van der Waals surface area contributed by atoms with Gasteiger partial charge < -0.3 is 4.74 Å². The van der Waals surface area contributed by atoms with Gasteiger partial charge in [-0.05, 0) is 74.5 Å². The first-order valence-electron chi connectivity index (χ1n) is 10.1. The fourth-order valence-electron chi connectivity index (χ4n) is 3.90. The predicted molar refractivity (Wildman–Crippen MR) is 128 cm³/mol. The lowest BCUT2D eigenvalue weighted by Crippen LogP contribution is -2.25. The highest BCUT2D eigenvalue weighted by Gasteiger charge is 2.22. The highest BCUT2D eigenvalue weighted by Crippen LogP contribution is 2.35. The lowest BCUT2D eigenvalue weighted by Gasteiger charge is -2.22. The highest BCUT2D eigenvalue weighted by atomic mass is 79.9. The fourth-order valence-corrected chi connectivity index (χ4v) is 5.35. The van der Waals surface area contributed by atoms with Gasteiger partial charge in [-0.25, -0.2) is 4.98 Å². The van der Waals surface area contributed by atoms with E-state index in [1.54, 1.807) is 12.3 Å². The van der Waals surface area contributed by atoms with E-state index in [0.29, 0.717) is 25.6 Å². The van der Waals surface area contributed by atoms with Crippen LogP contribution in [0.5, 0.6) is 5.75 Å². The number of benzene rings is 2. The van der Waals surface area contributed by atoms with Gasteiger partial charge >= 0.3 is 0 Å². The van der Waals surface area contributed by atoms with Crippen LogP contribution in [0.25, 0.3) is 10.9 Å². The van der Waals surface area contributed by atoms with Crippen LogP contribution in [-0.2, 0) is 0 Å². The van der Waals surface area contributed by atoms with E-state index in [1.165, 1.54) is 11.1 Å². The molecule has 0 radical (unpaired) electrons. The third-order valence-corrected chi connectivity index (χ3v) is 6.55. The van der Waals surface area contributed by atoms with Crippen molar-refractivity contribution in [3.63, 3.8) is 0 Å². The van der Waals surface area contributed by atoms with Gasteiger partial charge in [0.25, 0.3) is 5.56 Å². The van der Waals surface area contributed by atoms with E-state index in [-0.39, 0.29) is 18.1 Å². The molecule has 0 bridgehead atoms. The Labute approximate surface area is 196 Å². The van der Waals surface area contributed by atoms with E-state index in [1.807, 2.05) is 36.4 Å². The van der Waals surface area contributed by atoms with Gasteiger partial charge in [-0.15, -0.1) is 0 Å². The summed E-state index contributed by atoms with van der Waals surface area (Å²) in [4.78, 5) is 18.1. The maximum Gasteiger partial charge on any atom is 0.282 e. The average molecular weight is 544 g/mol. The molecule has 3 aromatic rings. The number of fused-ring (bicyclic) bond motifs is 1. The third kappa shape index (κ3) is 4.73. The Morgan fingerprint density at radius 3 is 2.61 bits per heavy atom. The van der Waals surface area contributed by atoms with Crippen molar-refractivity contribution in [1.82, 2.24) is 9.66 Å². The van der Waals surface area contributed by atoms with E-state index in [4.69, 9.17) is 15.0 Å². The fraction of sp³-hybridized carbons (Fsp3) is 0.304. The molecule has 1 heterocycles. The van der Waals surface area contributed by atoms with Gasteiger partial charge in [-0.3, -0.25) is 4.79 Å². The Balaban J connectivity index is 1.77. The summed E-state index contributed by atoms with van der Waals surface area (Å²) in [6.45, 7) is -0.0481. The molecule has 8 heteroatoms. The number of rotatable bonds is 5. The second-order valence-electron chi connectivity index (χ2n) is 7.44. The first-order valence-corrected chi connectivity index (χ1v) is 11.7. The normalized spacial score (nSPS) is 14.7. The minimum Gasteiger partial charge on any atom is -0.476 e. The number of aromatic nitrogens is 2. The molecule has 6 nitrogen and oxygen atoms in total. The first-order chi connectivity index (χ1) is 15.1. The van der Waals surface area contributed by atoms with Crippen LogP contribution >= 0.6 is 31.9 Å². The van der Waals surface area contributed by atoms with Crippen LogP contribution in [0.15, 0.2) is 55.2 Å². The molecule has 1 aliphatic rings. The van der Waals surface area contributed by atoms with Gasteiger partial charge in [0.1, 0.15) is 17.6 Å². The van der Waals surface area contributed by atoms with Crippen LogP contribution in [0, 0.1) is 11.3 Å². The smallest absolute Gasteiger partial charge is 0.282 e. The molecular formula is C23H20Br2N4O2. The standard InChI is InChI=1S/C23H20Br2N4O2/c24-18-12-15(13-19(25)21(18)31-11-10-26)14-27-29-22(16-6-2-1-3-7-16)28-20-9-5-4-8-17(20)23(29)30/h4-5,8-9,12-14,16H,1-3,6-7,11H2. The molecule has 1 aliphatic carbocycles. The van der Waals surface area contributed by atoms with Crippen LogP contribution in [0.4, 0.5) is 0 Å². The highest BCUT2D eigenvalue weighted by molar-refractivity contribution is 9.11. The number of nitrogens with zero attached hydrogens (tertiary/aromatic N) is 4. The number of para-hydroxylation sites is 1. The topological polar surface area (TPSA) is 80.3 Å². The number of halogens is 2. The van der Waals surface area contributed by atoms with Crippen LogP contribution in [-0.4, -0.2) is 22.5 Å². The summed E-state index contributed by atoms with van der Waals surface area (Å²) in [5.41, 5.74) is 1.33. The maximum atomic E-state index is 13.3. The molecule has 0 unspecified atom stereocenters. The van der Waals surface area contributed by atoms with Crippen LogP contribution in [0.1, 0.15) is 49.4 Å². The summed E-state index contributed by atoms with van der Waals surface area (Å²) in [6.07, 6.45) is 7.18. The van der Waals surface area contributed by atoms with Gasteiger partial charge in [0.2, 0.25) is 0 Å². The number of hydrogen-bond donors (Lipinski definition) is 0. The molecule has 0 spiro atoms. The van der Waals surface area contributed by atoms with Crippen molar-refractivity contribution in [2.24, 2.45) is 5.10 Å². The van der Waals surface area contributed by atoms with Gasteiger partial charge in [-0.1, -0.05) is 31.4 Å². The molecule has 2 aromatic carbocycles. The van der Waals surface area contributed by atoms with Gasteiger partial charge in [-0.2, -0.15) is 15.0 Å². The van der Waals surface area contributed by atoms with E-state index in [2.05, 4.69) is 37.0 Å². The molecule has 0 amide bonds. The molecule has 4 rings (SSSR count). The largest absolute Gasteiger partial charge is 0.476 e. The lowest BCUT2D eigenvalue weighted by atomic mass is 9.88. The van der Waals surface area contributed by atoms with Gasteiger partial charge in [0.15, 0.2) is 6.61 Å². The van der Waals surface area contributed by atoms with E-state index < -0.39 is 0 Å². The summed E-state index contributed by atoms with van der Waals surface area (Å²) < 4.78 is 8.27. The summed E-state index contributed by atoms with van der Waals surface area (Å²) >= 11 is 6.94. The number of hydrogen-bond acceptors (Lipinski definition) is 5. The number of nitriles is 1. The van der Waals surface area contributed by atoms with Gasteiger partial charge in [0, 0.05) is 5.92 Å². The number of ether oxygens (including phenoxy) is 1. The Morgan fingerprint density at radius 2 is 1.90 bits per heavy atom. The molecule has 0 N–H and O–H groups in total. The van der Waals surface area contributed by atoms with Gasteiger partial charge in [0.05, 0.1) is 26.1 Å². The molecule has 1 saturated carbocycles. The van der Waals surface area contributed by atoms with Crippen LogP contribution in [0.2, 0.25) is 0 Å². The maximum absolute atomic E-state index is 13.3. The second kappa shape index (κ2) is 9.75. The van der Waals surface area contributed by atoms with Crippen molar-refractivity contribution in [2.75, 3.05) is 6.61 Å². The quantitative estimate of drug-likeness (QED) is 0.383. The summed E-state index contributed by atoms with van der Waals surface area (Å²) in [7, 11) is 0. The molecule has 158 valence electrons. The molecule has 0 atom stereocenters. The van der Waals surface area contributed by atoms with E-state index in [0.717, 1.165) is 37.1 Å². The second-order valence-corrected chi connectivity index (χ2v) is 9.15. The van der Waals surface area contributed by atoms with Crippen molar-refractivity contribution in [2.45, 2.75) is 38.0 Å². The molecular weight excluding hydrogens is 524 g/mol. The van der Waals surface area contributed by atoms with Crippen molar-refractivity contribution in [3.05, 3.63) is 67.1 Å². The monoisotopic (exact) mass is 542 g/mol. The third-order valence-electron chi connectivity index (χ3n) is 5.37. The van der Waals surface area contributed by atoms with Crippen molar-refractivity contribution in [3.8, 4) is 11.8 Å². The minimum atomic E-state index is -0.158. The molecule has 1 fully saturated rings. The van der Waals surface area contributed by atoms with Crippen LogP contribution < -0.4 is 10.3 Å². The van der Waals surface area contributed by atoms with E-state index in [9.17, 15) is 4.79 Å². The Bertz CT molecular complexity index is 1220.